The number of rotatable bonds is 1. The highest BCUT2D eigenvalue weighted by molar-refractivity contribution is 7.18. The van der Waals surface area contributed by atoms with Crippen LogP contribution in [0, 0.1) is 0 Å². The van der Waals surface area contributed by atoms with Crippen molar-refractivity contribution < 1.29 is 5.11 Å². The van der Waals surface area contributed by atoms with Crippen LogP contribution in [0.15, 0.2) is 18.2 Å². The maximum absolute atomic E-state index is 9.47. The zero-order valence-corrected chi connectivity index (χ0v) is 11.3. The Kier molecular flexibility index (Phi) is 3.90. The summed E-state index contributed by atoms with van der Waals surface area (Å²) in [4.78, 5) is 4.56. The highest BCUT2D eigenvalue weighted by Crippen LogP contribution is 2.32. The Hall–Kier alpha value is -0.390. The molecule has 0 spiro atoms. The number of aliphatic hydroxyl groups is 1. The summed E-state index contributed by atoms with van der Waals surface area (Å²) in [7, 11) is 0. The molecule has 1 aromatic heterocycles. The third kappa shape index (κ3) is 2.56. The number of hydrogen-bond acceptors (Lipinski definition) is 4. The molecule has 0 unspecified atom stereocenters. The van der Waals surface area contributed by atoms with Gasteiger partial charge in [-0.05, 0) is 24.6 Å². The normalized spacial score (nSPS) is 23.9. The van der Waals surface area contributed by atoms with E-state index in [0.29, 0.717) is 6.54 Å². The van der Waals surface area contributed by atoms with E-state index >= 15 is 0 Å². The van der Waals surface area contributed by atoms with E-state index < -0.39 is 0 Å². The molecule has 1 fully saturated rings. The van der Waals surface area contributed by atoms with E-state index in [1.807, 2.05) is 18.2 Å². The maximum Gasteiger partial charge on any atom is 0.111 e. The van der Waals surface area contributed by atoms with E-state index in [1.165, 1.54) is 0 Å². The van der Waals surface area contributed by atoms with Gasteiger partial charge in [0.05, 0.1) is 22.4 Å². The second-order valence-electron chi connectivity index (χ2n) is 4.01. The number of aliphatic hydroxyl groups excluding tert-OH is 1. The molecule has 1 aromatic carbocycles. The van der Waals surface area contributed by atoms with Gasteiger partial charge < -0.3 is 10.4 Å². The van der Waals surface area contributed by atoms with Crippen molar-refractivity contribution in [3.63, 3.8) is 0 Å². The zero-order chi connectivity index (χ0) is 11.1. The number of fused-ring (bicyclic) bond motifs is 1. The third-order valence-electron chi connectivity index (χ3n) is 2.77. The molecule has 0 saturated carbocycles. The molecule has 1 aliphatic heterocycles. The molecule has 2 N–H and O–H groups in total. The molecule has 2 heterocycles. The lowest BCUT2D eigenvalue weighted by Gasteiger charge is -2.03. The lowest BCUT2D eigenvalue weighted by Crippen LogP contribution is -2.14. The molecule has 92 valence electrons. The van der Waals surface area contributed by atoms with Crippen LogP contribution < -0.4 is 5.32 Å². The molecule has 17 heavy (non-hydrogen) atoms. The van der Waals surface area contributed by atoms with E-state index in [2.05, 4.69) is 10.3 Å². The average molecular weight is 291 g/mol. The third-order valence-corrected chi connectivity index (χ3v) is 4.14. The van der Waals surface area contributed by atoms with E-state index in [4.69, 9.17) is 11.6 Å². The smallest absolute Gasteiger partial charge is 0.111 e. The number of halogens is 2. The van der Waals surface area contributed by atoms with E-state index in [-0.39, 0.29) is 24.6 Å². The lowest BCUT2D eigenvalue weighted by molar-refractivity contribution is 0.193. The molecular weight excluding hydrogens is 279 g/mol. The van der Waals surface area contributed by atoms with Crippen molar-refractivity contribution in [2.45, 2.75) is 18.6 Å². The molecule has 0 radical (unpaired) electrons. The minimum absolute atomic E-state index is 0. The number of aromatic nitrogens is 1. The van der Waals surface area contributed by atoms with Crippen LogP contribution in [-0.2, 0) is 0 Å². The van der Waals surface area contributed by atoms with Gasteiger partial charge in [-0.3, -0.25) is 0 Å². The van der Waals surface area contributed by atoms with E-state index in [1.54, 1.807) is 11.3 Å². The fourth-order valence-corrected chi connectivity index (χ4v) is 3.30. The summed E-state index contributed by atoms with van der Waals surface area (Å²) < 4.78 is 1.10. The van der Waals surface area contributed by atoms with Crippen molar-refractivity contribution in [1.82, 2.24) is 10.3 Å². The molecule has 3 nitrogen and oxygen atoms in total. The Morgan fingerprint density at radius 1 is 1.47 bits per heavy atom. The second-order valence-corrected chi connectivity index (χ2v) is 5.51. The molecule has 1 saturated heterocycles. The predicted octanol–water partition coefficient (Wildman–Crippen LogP) is 2.77. The molecule has 0 amide bonds. The molecule has 3 rings (SSSR count). The van der Waals surface area contributed by atoms with Crippen molar-refractivity contribution in [3.05, 3.63) is 28.2 Å². The summed E-state index contributed by atoms with van der Waals surface area (Å²) in [6.07, 6.45) is 0.494. The molecule has 0 bridgehead atoms. The number of β-amino-alcohol motifs (C(OH)–C–C–N with tert-alkyl or cyclic N) is 1. The van der Waals surface area contributed by atoms with Gasteiger partial charge in [0.1, 0.15) is 5.01 Å². The van der Waals surface area contributed by atoms with Crippen LogP contribution in [0.4, 0.5) is 0 Å². The quantitative estimate of drug-likeness (QED) is 0.849. The molecule has 1 aliphatic rings. The maximum atomic E-state index is 9.47. The van der Waals surface area contributed by atoms with Gasteiger partial charge in [-0.1, -0.05) is 11.6 Å². The fourth-order valence-electron chi connectivity index (χ4n) is 1.97. The number of nitrogens with zero attached hydrogens (tertiary/aromatic N) is 1. The summed E-state index contributed by atoms with van der Waals surface area (Å²) in [5.74, 6) is 0. The highest BCUT2D eigenvalue weighted by Gasteiger charge is 2.25. The first-order chi connectivity index (χ1) is 7.72. The van der Waals surface area contributed by atoms with E-state index in [0.717, 1.165) is 26.7 Å². The van der Waals surface area contributed by atoms with Gasteiger partial charge >= 0.3 is 0 Å². The second kappa shape index (κ2) is 5.08. The predicted molar refractivity (Wildman–Crippen MR) is 73.2 cm³/mol. The Morgan fingerprint density at radius 3 is 3.00 bits per heavy atom. The zero-order valence-electron chi connectivity index (χ0n) is 8.89. The summed E-state index contributed by atoms with van der Waals surface area (Å²) in [5, 5.41) is 14.5. The van der Waals surface area contributed by atoms with Gasteiger partial charge in [0.25, 0.3) is 0 Å². The number of nitrogens with one attached hydrogen (secondary N) is 1. The topological polar surface area (TPSA) is 45.1 Å². The first-order valence-corrected chi connectivity index (χ1v) is 6.39. The van der Waals surface area contributed by atoms with Gasteiger partial charge in [0.2, 0.25) is 0 Å². The van der Waals surface area contributed by atoms with Gasteiger partial charge in [-0.15, -0.1) is 23.7 Å². The summed E-state index contributed by atoms with van der Waals surface area (Å²) in [6.45, 7) is 0.654. The Balaban J connectivity index is 0.00000108. The van der Waals surface area contributed by atoms with Crippen molar-refractivity contribution in [1.29, 1.82) is 0 Å². The summed E-state index contributed by atoms with van der Waals surface area (Å²) in [5.41, 5.74) is 0.979. The fraction of sp³-hybridized carbons (Fsp3) is 0.364. The standard InChI is InChI=1S/C11H11ClN2OS.ClH/c12-6-1-2-8-10(3-6)16-11(14-8)9-4-7(15)5-13-9;/h1-3,7,9,13,15H,4-5H2;1H/t7-,9+;/m1./s1. The van der Waals surface area contributed by atoms with Crippen molar-refractivity contribution in [3.8, 4) is 0 Å². The van der Waals surface area contributed by atoms with Crippen molar-refractivity contribution in [2.24, 2.45) is 0 Å². The van der Waals surface area contributed by atoms with Crippen molar-refractivity contribution >= 4 is 45.6 Å². The average Bonchev–Trinajstić information content (AvgIpc) is 2.83. The van der Waals surface area contributed by atoms with Crippen LogP contribution in [0.5, 0.6) is 0 Å². The molecule has 2 aromatic rings. The minimum atomic E-state index is -0.249. The van der Waals surface area contributed by atoms with Crippen LogP contribution >= 0.6 is 35.3 Å². The molecule has 2 atom stereocenters. The van der Waals surface area contributed by atoms with Crippen LogP contribution in [0.25, 0.3) is 10.2 Å². The minimum Gasteiger partial charge on any atom is -0.392 e. The monoisotopic (exact) mass is 290 g/mol. The molecular formula is C11H12Cl2N2OS. The van der Waals surface area contributed by atoms with Gasteiger partial charge in [0.15, 0.2) is 0 Å². The van der Waals surface area contributed by atoms with Gasteiger partial charge in [0, 0.05) is 11.6 Å². The number of benzene rings is 1. The number of thiazole rings is 1. The summed E-state index contributed by atoms with van der Waals surface area (Å²) >= 11 is 7.58. The molecule has 6 heteroatoms. The number of hydrogen-bond donors (Lipinski definition) is 2. The highest BCUT2D eigenvalue weighted by atomic mass is 35.5. The SMILES string of the molecule is Cl.O[C@H]1CN[C@H](c2nc3ccc(Cl)cc3s2)C1. The molecule has 0 aliphatic carbocycles. The first-order valence-electron chi connectivity index (χ1n) is 5.20. The van der Waals surface area contributed by atoms with Gasteiger partial charge in [-0.25, -0.2) is 4.98 Å². The Labute approximate surface area is 114 Å². The van der Waals surface area contributed by atoms with Gasteiger partial charge in [-0.2, -0.15) is 0 Å². The van der Waals surface area contributed by atoms with E-state index in [9.17, 15) is 5.11 Å². The first kappa shape index (κ1) is 13.1. The van der Waals surface area contributed by atoms with Crippen LogP contribution in [0.1, 0.15) is 17.5 Å². The van der Waals surface area contributed by atoms with Crippen LogP contribution in [0.2, 0.25) is 5.02 Å². The van der Waals surface area contributed by atoms with Crippen LogP contribution in [0.3, 0.4) is 0 Å². The largest absolute Gasteiger partial charge is 0.392 e. The van der Waals surface area contributed by atoms with Crippen molar-refractivity contribution in [2.75, 3.05) is 6.54 Å². The lowest BCUT2D eigenvalue weighted by atomic mass is 10.2. The Morgan fingerprint density at radius 2 is 2.29 bits per heavy atom. The summed E-state index contributed by atoms with van der Waals surface area (Å²) in [6, 6.07) is 5.91. The van der Waals surface area contributed by atoms with Crippen LogP contribution in [-0.4, -0.2) is 22.7 Å². The Bertz CT molecular complexity index is 531.